The van der Waals surface area contributed by atoms with Gasteiger partial charge in [0.15, 0.2) is 0 Å². The third-order valence-electron chi connectivity index (χ3n) is 3.04. The van der Waals surface area contributed by atoms with Crippen molar-refractivity contribution in [1.29, 1.82) is 0 Å². The number of hydrogen-bond donors (Lipinski definition) is 1. The Kier molecular flexibility index (Phi) is 1.15. The second kappa shape index (κ2) is 1.74. The second-order valence-corrected chi connectivity index (χ2v) is 4.01. The number of ether oxygens (including phenoxy) is 1. The molecule has 0 amide bonds. The molecule has 2 heteroatoms. The molecule has 58 valence electrons. The summed E-state index contributed by atoms with van der Waals surface area (Å²) in [4.78, 5) is 0. The molecule has 2 aliphatic rings. The quantitative estimate of drug-likeness (QED) is 0.542. The maximum atomic E-state index is 9.57. The van der Waals surface area contributed by atoms with Crippen LogP contribution in [0.1, 0.15) is 20.3 Å². The third-order valence-corrected chi connectivity index (χ3v) is 3.04. The van der Waals surface area contributed by atoms with E-state index in [-0.39, 0.29) is 11.5 Å². The summed E-state index contributed by atoms with van der Waals surface area (Å²) in [6.07, 6.45) is 1.26. The average molecular weight is 142 g/mol. The molecule has 0 aromatic rings. The van der Waals surface area contributed by atoms with Gasteiger partial charge in [0.1, 0.15) is 0 Å². The smallest absolute Gasteiger partial charge is 0.0704 e. The van der Waals surface area contributed by atoms with Gasteiger partial charge in [0.2, 0.25) is 0 Å². The van der Waals surface area contributed by atoms with Crippen LogP contribution in [0.15, 0.2) is 0 Å². The van der Waals surface area contributed by atoms with Crippen LogP contribution in [-0.4, -0.2) is 23.9 Å². The topological polar surface area (TPSA) is 29.5 Å². The molecule has 1 saturated heterocycles. The van der Waals surface area contributed by atoms with E-state index < -0.39 is 0 Å². The molecule has 3 atom stereocenters. The largest absolute Gasteiger partial charge is 0.392 e. The van der Waals surface area contributed by atoms with Gasteiger partial charge in [0.05, 0.1) is 12.2 Å². The van der Waals surface area contributed by atoms with Crippen molar-refractivity contribution in [2.45, 2.75) is 32.5 Å². The van der Waals surface area contributed by atoms with Gasteiger partial charge in [-0.15, -0.1) is 0 Å². The van der Waals surface area contributed by atoms with Crippen molar-refractivity contribution in [3.05, 3.63) is 0 Å². The summed E-state index contributed by atoms with van der Waals surface area (Å²) in [6.45, 7) is 4.99. The highest BCUT2D eigenvalue weighted by molar-refractivity contribution is 5.07. The van der Waals surface area contributed by atoms with Crippen molar-refractivity contribution in [2.75, 3.05) is 6.61 Å². The fraction of sp³-hybridized carbons (Fsp3) is 1.00. The summed E-state index contributed by atoms with van der Waals surface area (Å²) in [5.74, 6) is 0.440. The van der Waals surface area contributed by atoms with Crippen molar-refractivity contribution >= 4 is 0 Å². The van der Waals surface area contributed by atoms with E-state index in [2.05, 4.69) is 13.8 Å². The zero-order chi connectivity index (χ0) is 7.35. The molecule has 2 fully saturated rings. The Labute approximate surface area is 61.2 Å². The van der Waals surface area contributed by atoms with Gasteiger partial charge in [0.25, 0.3) is 0 Å². The maximum Gasteiger partial charge on any atom is 0.0704 e. The molecule has 0 aromatic carbocycles. The summed E-state index contributed by atoms with van der Waals surface area (Å²) in [5.41, 5.74) is 0.0150. The summed E-state index contributed by atoms with van der Waals surface area (Å²) >= 11 is 0. The van der Waals surface area contributed by atoms with E-state index >= 15 is 0 Å². The van der Waals surface area contributed by atoms with Crippen molar-refractivity contribution < 1.29 is 9.84 Å². The van der Waals surface area contributed by atoms with E-state index in [0.717, 1.165) is 13.0 Å². The predicted octanol–water partition coefficient (Wildman–Crippen LogP) is 0.792. The van der Waals surface area contributed by atoms with Crippen LogP contribution in [0.5, 0.6) is 0 Å². The van der Waals surface area contributed by atoms with Crippen molar-refractivity contribution in [2.24, 2.45) is 11.3 Å². The SMILES string of the molecule is CC1(C)[C@@H](O)[C@H]2CCO[C@@H]21. The number of aliphatic hydroxyl groups is 1. The van der Waals surface area contributed by atoms with Crippen LogP contribution < -0.4 is 0 Å². The average Bonchev–Trinajstić information content (AvgIpc) is 2.31. The Hall–Kier alpha value is -0.0800. The fourth-order valence-corrected chi connectivity index (χ4v) is 2.30. The van der Waals surface area contributed by atoms with Crippen LogP contribution >= 0.6 is 0 Å². The van der Waals surface area contributed by atoms with E-state index in [0.29, 0.717) is 12.0 Å². The first kappa shape index (κ1) is 6.62. The number of rotatable bonds is 0. The molecule has 1 saturated carbocycles. The lowest BCUT2D eigenvalue weighted by Gasteiger charge is -2.51. The molecule has 0 radical (unpaired) electrons. The maximum absolute atomic E-state index is 9.57. The normalized spacial score (nSPS) is 50.1. The summed E-state index contributed by atoms with van der Waals surface area (Å²) in [5, 5.41) is 9.57. The number of hydrogen-bond acceptors (Lipinski definition) is 2. The molecule has 0 aromatic heterocycles. The molecular formula is C8H14O2. The van der Waals surface area contributed by atoms with Crippen LogP contribution in [0.4, 0.5) is 0 Å². The highest BCUT2D eigenvalue weighted by atomic mass is 16.5. The zero-order valence-corrected chi connectivity index (χ0v) is 6.50. The fourth-order valence-electron chi connectivity index (χ4n) is 2.30. The van der Waals surface area contributed by atoms with Gasteiger partial charge in [-0.05, 0) is 6.42 Å². The van der Waals surface area contributed by atoms with Crippen molar-refractivity contribution in [1.82, 2.24) is 0 Å². The van der Waals surface area contributed by atoms with Gasteiger partial charge in [-0.3, -0.25) is 0 Å². The predicted molar refractivity (Wildman–Crippen MR) is 37.6 cm³/mol. The molecule has 1 heterocycles. The molecule has 0 bridgehead atoms. The highest BCUT2D eigenvalue weighted by Gasteiger charge is 2.58. The minimum absolute atomic E-state index is 0.0150. The molecule has 0 spiro atoms. The highest BCUT2D eigenvalue weighted by Crippen LogP contribution is 2.51. The Morgan fingerprint density at radius 2 is 2.20 bits per heavy atom. The monoisotopic (exact) mass is 142 g/mol. The van der Waals surface area contributed by atoms with Crippen LogP contribution in [0, 0.1) is 11.3 Å². The Balaban J connectivity index is 2.15. The first-order valence-corrected chi connectivity index (χ1v) is 3.93. The van der Waals surface area contributed by atoms with Crippen LogP contribution in [0.2, 0.25) is 0 Å². The number of aliphatic hydroxyl groups excluding tert-OH is 1. The zero-order valence-electron chi connectivity index (χ0n) is 6.50. The molecule has 2 rings (SSSR count). The molecule has 2 nitrogen and oxygen atoms in total. The van der Waals surface area contributed by atoms with Gasteiger partial charge >= 0.3 is 0 Å². The molecule has 0 unspecified atom stereocenters. The second-order valence-electron chi connectivity index (χ2n) is 4.01. The summed E-state index contributed by atoms with van der Waals surface area (Å²) in [6, 6.07) is 0. The van der Waals surface area contributed by atoms with Crippen molar-refractivity contribution in [3.63, 3.8) is 0 Å². The molecule has 1 aliphatic heterocycles. The van der Waals surface area contributed by atoms with Crippen LogP contribution in [0.25, 0.3) is 0 Å². The summed E-state index contributed by atoms with van der Waals surface area (Å²) < 4.78 is 5.48. The minimum atomic E-state index is -0.125. The lowest BCUT2D eigenvalue weighted by atomic mass is 9.59. The minimum Gasteiger partial charge on any atom is -0.392 e. The van der Waals surface area contributed by atoms with Gasteiger partial charge in [-0.25, -0.2) is 0 Å². The Bertz CT molecular complexity index is 153. The molecule has 1 aliphatic carbocycles. The molecule has 10 heavy (non-hydrogen) atoms. The van der Waals surface area contributed by atoms with E-state index in [1.165, 1.54) is 0 Å². The summed E-state index contributed by atoms with van der Waals surface area (Å²) in [7, 11) is 0. The van der Waals surface area contributed by atoms with Gasteiger partial charge in [0, 0.05) is 17.9 Å². The number of fused-ring (bicyclic) bond motifs is 1. The van der Waals surface area contributed by atoms with Gasteiger partial charge in [-0.2, -0.15) is 0 Å². The lowest BCUT2D eigenvalue weighted by Crippen LogP contribution is -2.59. The first-order valence-electron chi connectivity index (χ1n) is 3.93. The van der Waals surface area contributed by atoms with Gasteiger partial charge < -0.3 is 9.84 Å². The van der Waals surface area contributed by atoms with E-state index in [4.69, 9.17) is 4.74 Å². The molecule has 1 N–H and O–H groups in total. The standard InChI is InChI=1S/C8H14O2/c1-8(2)6(9)5-3-4-10-7(5)8/h5-7,9H,3-4H2,1-2H3/t5-,6+,7+/m1/s1. The van der Waals surface area contributed by atoms with Crippen molar-refractivity contribution in [3.8, 4) is 0 Å². The Morgan fingerprint density at radius 3 is 2.80 bits per heavy atom. The lowest BCUT2D eigenvalue weighted by molar-refractivity contribution is -0.181. The van der Waals surface area contributed by atoms with Crippen LogP contribution in [0.3, 0.4) is 0 Å². The van der Waals surface area contributed by atoms with E-state index in [1.807, 2.05) is 0 Å². The third kappa shape index (κ3) is 0.565. The van der Waals surface area contributed by atoms with Gasteiger partial charge in [-0.1, -0.05) is 13.8 Å². The van der Waals surface area contributed by atoms with E-state index in [9.17, 15) is 5.11 Å². The van der Waals surface area contributed by atoms with Crippen LogP contribution in [-0.2, 0) is 4.74 Å². The first-order chi connectivity index (χ1) is 4.64. The molecular weight excluding hydrogens is 128 g/mol. The Morgan fingerprint density at radius 1 is 1.50 bits per heavy atom. The van der Waals surface area contributed by atoms with E-state index in [1.54, 1.807) is 0 Å².